The Bertz CT molecular complexity index is 283. The molecular formula is C15H31N3O. The molecule has 0 spiro atoms. The van der Waals surface area contributed by atoms with Crippen LogP contribution in [0.1, 0.15) is 54.4 Å². The van der Waals surface area contributed by atoms with Crippen molar-refractivity contribution in [1.29, 1.82) is 0 Å². The Hall–Kier alpha value is -0.610. The Morgan fingerprint density at radius 2 is 1.84 bits per heavy atom. The third kappa shape index (κ3) is 4.18. The molecule has 1 heterocycles. The van der Waals surface area contributed by atoms with Gasteiger partial charge < -0.3 is 4.90 Å². The van der Waals surface area contributed by atoms with Crippen LogP contribution in [0.2, 0.25) is 0 Å². The highest BCUT2D eigenvalue weighted by Crippen LogP contribution is 2.15. The molecule has 0 bridgehead atoms. The third-order valence-electron chi connectivity index (χ3n) is 3.99. The van der Waals surface area contributed by atoms with Gasteiger partial charge in [0.1, 0.15) is 0 Å². The van der Waals surface area contributed by atoms with Gasteiger partial charge in [-0.15, -0.1) is 0 Å². The van der Waals surface area contributed by atoms with Crippen LogP contribution in [0.15, 0.2) is 0 Å². The monoisotopic (exact) mass is 269 g/mol. The third-order valence-corrected chi connectivity index (χ3v) is 3.99. The number of hydrogen-bond acceptors (Lipinski definition) is 3. The molecule has 0 saturated carbocycles. The maximum absolute atomic E-state index is 12.3. The van der Waals surface area contributed by atoms with Crippen molar-refractivity contribution in [3.63, 3.8) is 0 Å². The van der Waals surface area contributed by atoms with E-state index in [1.165, 1.54) is 0 Å². The average molecular weight is 269 g/mol. The summed E-state index contributed by atoms with van der Waals surface area (Å²) in [5.41, 5.74) is 0. The minimum atomic E-state index is 0.0338. The molecule has 19 heavy (non-hydrogen) atoms. The van der Waals surface area contributed by atoms with Gasteiger partial charge in [-0.25, -0.2) is 0 Å². The molecule has 1 amide bonds. The number of nitrogens with zero attached hydrogens (tertiary/aromatic N) is 2. The van der Waals surface area contributed by atoms with Crippen LogP contribution in [0.4, 0.5) is 0 Å². The predicted molar refractivity (Wildman–Crippen MR) is 80.0 cm³/mol. The molecule has 2 atom stereocenters. The van der Waals surface area contributed by atoms with Gasteiger partial charge in [-0.3, -0.25) is 15.0 Å². The van der Waals surface area contributed by atoms with Crippen LogP contribution in [0.3, 0.4) is 0 Å². The van der Waals surface area contributed by atoms with Gasteiger partial charge in [0, 0.05) is 25.2 Å². The Balaban J connectivity index is 2.54. The fourth-order valence-corrected chi connectivity index (χ4v) is 2.98. The molecule has 1 aliphatic rings. The highest BCUT2D eigenvalue weighted by atomic mass is 16.2. The zero-order chi connectivity index (χ0) is 14.6. The minimum Gasteiger partial charge on any atom is -0.325 e. The Kier molecular flexibility index (Phi) is 6.27. The van der Waals surface area contributed by atoms with E-state index in [-0.39, 0.29) is 18.1 Å². The second-order valence-electron chi connectivity index (χ2n) is 6.14. The molecule has 1 aliphatic heterocycles. The first-order chi connectivity index (χ1) is 8.88. The minimum absolute atomic E-state index is 0.0338. The molecule has 1 saturated heterocycles. The number of carbonyl (C=O) groups is 1. The quantitative estimate of drug-likeness (QED) is 0.768. The first kappa shape index (κ1) is 16.4. The van der Waals surface area contributed by atoms with Crippen LogP contribution in [0.5, 0.6) is 0 Å². The topological polar surface area (TPSA) is 35.6 Å². The van der Waals surface area contributed by atoms with E-state index in [1.807, 2.05) is 4.90 Å². The normalized spacial score (nSPS) is 24.3. The smallest absolute Gasteiger partial charge is 0.241 e. The van der Waals surface area contributed by atoms with Crippen LogP contribution >= 0.6 is 0 Å². The molecule has 0 aliphatic carbocycles. The summed E-state index contributed by atoms with van der Waals surface area (Å²) in [5, 5.41) is 3.39. The highest BCUT2D eigenvalue weighted by Gasteiger charge is 2.35. The molecule has 2 unspecified atom stereocenters. The van der Waals surface area contributed by atoms with E-state index in [9.17, 15) is 4.79 Å². The summed E-state index contributed by atoms with van der Waals surface area (Å²) in [4.78, 5) is 16.7. The fourth-order valence-electron chi connectivity index (χ4n) is 2.98. The SMILES string of the molecule is CCCC1NC(C)N(CCN(C(C)C)C(C)C)C1=O. The van der Waals surface area contributed by atoms with Gasteiger partial charge in [0.15, 0.2) is 0 Å². The molecule has 1 rings (SSSR count). The molecule has 1 N–H and O–H groups in total. The number of nitrogens with one attached hydrogen (secondary N) is 1. The summed E-state index contributed by atoms with van der Waals surface area (Å²) < 4.78 is 0. The van der Waals surface area contributed by atoms with Gasteiger partial charge in [-0.1, -0.05) is 13.3 Å². The van der Waals surface area contributed by atoms with Crippen molar-refractivity contribution in [2.75, 3.05) is 13.1 Å². The Morgan fingerprint density at radius 3 is 2.32 bits per heavy atom. The standard InChI is InChI=1S/C15H31N3O/c1-7-8-14-15(19)18(13(6)16-14)10-9-17(11(2)3)12(4)5/h11-14,16H,7-10H2,1-6H3. The second-order valence-corrected chi connectivity index (χ2v) is 6.14. The van der Waals surface area contributed by atoms with Gasteiger partial charge >= 0.3 is 0 Å². The first-order valence-corrected chi connectivity index (χ1v) is 7.70. The van der Waals surface area contributed by atoms with Crippen molar-refractivity contribution in [3.8, 4) is 0 Å². The summed E-state index contributed by atoms with van der Waals surface area (Å²) in [5.74, 6) is 0.279. The zero-order valence-corrected chi connectivity index (χ0v) is 13.4. The predicted octanol–water partition coefficient (Wildman–Crippen LogP) is 2.05. The maximum Gasteiger partial charge on any atom is 0.241 e. The zero-order valence-electron chi connectivity index (χ0n) is 13.4. The second kappa shape index (κ2) is 7.25. The lowest BCUT2D eigenvalue weighted by molar-refractivity contribution is -0.130. The largest absolute Gasteiger partial charge is 0.325 e. The van der Waals surface area contributed by atoms with Crippen LogP contribution < -0.4 is 5.32 Å². The molecule has 0 aromatic rings. The van der Waals surface area contributed by atoms with E-state index in [0.717, 1.165) is 25.9 Å². The lowest BCUT2D eigenvalue weighted by Crippen LogP contribution is -2.45. The van der Waals surface area contributed by atoms with E-state index >= 15 is 0 Å². The van der Waals surface area contributed by atoms with Gasteiger partial charge in [-0.2, -0.15) is 0 Å². The number of hydrogen-bond donors (Lipinski definition) is 1. The maximum atomic E-state index is 12.3. The molecule has 0 aromatic heterocycles. The van der Waals surface area contributed by atoms with Crippen LogP contribution in [0.25, 0.3) is 0 Å². The lowest BCUT2D eigenvalue weighted by atomic mass is 10.1. The number of rotatable bonds is 7. The Labute approximate surface area is 118 Å². The molecule has 0 radical (unpaired) electrons. The van der Waals surface area contributed by atoms with Crippen molar-refractivity contribution in [3.05, 3.63) is 0 Å². The lowest BCUT2D eigenvalue weighted by Gasteiger charge is -2.33. The van der Waals surface area contributed by atoms with Crippen molar-refractivity contribution in [2.24, 2.45) is 0 Å². The van der Waals surface area contributed by atoms with E-state index < -0.39 is 0 Å². The van der Waals surface area contributed by atoms with Gasteiger partial charge in [-0.05, 0) is 41.0 Å². The highest BCUT2D eigenvalue weighted by molar-refractivity contribution is 5.84. The summed E-state index contributed by atoms with van der Waals surface area (Å²) in [6.45, 7) is 14.8. The summed E-state index contributed by atoms with van der Waals surface area (Å²) >= 11 is 0. The van der Waals surface area contributed by atoms with E-state index in [0.29, 0.717) is 12.1 Å². The summed E-state index contributed by atoms with van der Waals surface area (Å²) in [6.07, 6.45) is 2.16. The molecule has 112 valence electrons. The van der Waals surface area contributed by atoms with Crippen molar-refractivity contribution >= 4 is 5.91 Å². The van der Waals surface area contributed by atoms with E-state index in [2.05, 4.69) is 51.8 Å². The number of carbonyl (C=O) groups excluding carboxylic acids is 1. The van der Waals surface area contributed by atoms with Crippen LogP contribution in [-0.2, 0) is 4.79 Å². The van der Waals surface area contributed by atoms with Gasteiger partial charge in [0.25, 0.3) is 0 Å². The van der Waals surface area contributed by atoms with Crippen molar-refractivity contribution in [2.45, 2.75) is 78.7 Å². The van der Waals surface area contributed by atoms with Crippen LogP contribution in [0, 0.1) is 0 Å². The average Bonchev–Trinajstić information content (AvgIpc) is 2.56. The van der Waals surface area contributed by atoms with Crippen molar-refractivity contribution in [1.82, 2.24) is 15.1 Å². The first-order valence-electron chi connectivity index (χ1n) is 7.70. The summed E-state index contributed by atoms with van der Waals surface area (Å²) in [6, 6.07) is 1.08. The van der Waals surface area contributed by atoms with E-state index in [1.54, 1.807) is 0 Å². The number of amides is 1. The van der Waals surface area contributed by atoms with Gasteiger partial charge in [0.2, 0.25) is 5.91 Å². The molecular weight excluding hydrogens is 238 g/mol. The molecule has 0 aromatic carbocycles. The van der Waals surface area contributed by atoms with E-state index in [4.69, 9.17) is 0 Å². The fraction of sp³-hybridized carbons (Fsp3) is 0.933. The van der Waals surface area contributed by atoms with Crippen LogP contribution in [-0.4, -0.2) is 53.1 Å². The molecule has 4 nitrogen and oxygen atoms in total. The Morgan fingerprint density at radius 1 is 1.26 bits per heavy atom. The van der Waals surface area contributed by atoms with Gasteiger partial charge in [0.05, 0.1) is 12.2 Å². The molecule has 4 heteroatoms. The van der Waals surface area contributed by atoms with Crippen molar-refractivity contribution < 1.29 is 4.79 Å². The molecule has 1 fully saturated rings. The summed E-state index contributed by atoms with van der Waals surface area (Å²) in [7, 11) is 0.